The second-order valence-corrected chi connectivity index (χ2v) is 16.2. The minimum absolute atomic E-state index is 0.172. The molecule has 3 heterocycles. The third kappa shape index (κ3) is 4.52. The van der Waals surface area contributed by atoms with Gasteiger partial charge in [0, 0.05) is 28.2 Å². The van der Waals surface area contributed by atoms with Gasteiger partial charge in [0.25, 0.3) is 0 Å². The summed E-state index contributed by atoms with van der Waals surface area (Å²) in [5, 5.41) is 4.92. The van der Waals surface area contributed by atoms with Crippen LogP contribution in [0.15, 0.2) is 224 Å². The summed E-state index contributed by atoms with van der Waals surface area (Å²) in [6, 6.07) is 75.9. The van der Waals surface area contributed by atoms with Gasteiger partial charge in [-0.3, -0.25) is 0 Å². The van der Waals surface area contributed by atoms with Crippen molar-refractivity contribution in [3.63, 3.8) is 0 Å². The topological polar surface area (TPSA) is 18.8 Å². The van der Waals surface area contributed by atoms with E-state index >= 15 is 0 Å². The van der Waals surface area contributed by atoms with Crippen molar-refractivity contribution in [3.05, 3.63) is 257 Å². The number of para-hydroxylation sites is 1. The highest BCUT2D eigenvalue weighted by Gasteiger charge is 2.53. The van der Waals surface area contributed by atoms with E-state index < -0.39 is 5.41 Å². The fourth-order valence-electron chi connectivity index (χ4n) is 10.6. The Hall–Kier alpha value is -7.75. The number of aliphatic imine (C=N–C) groups is 1. The minimum atomic E-state index is -0.607. The van der Waals surface area contributed by atoms with E-state index in [-0.39, 0.29) is 6.17 Å². The molecule has 280 valence electrons. The van der Waals surface area contributed by atoms with Crippen molar-refractivity contribution in [2.24, 2.45) is 4.99 Å². The number of nitrogens with zero attached hydrogens (tertiary/aromatic N) is 3. The van der Waals surface area contributed by atoms with E-state index in [0.717, 1.165) is 17.1 Å². The molecule has 1 atom stereocenters. The van der Waals surface area contributed by atoms with Gasteiger partial charge in [0.2, 0.25) is 0 Å². The van der Waals surface area contributed by atoms with Crippen LogP contribution in [0, 0.1) is 0 Å². The summed E-state index contributed by atoms with van der Waals surface area (Å²) < 4.78 is 0. The molecule has 0 saturated carbocycles. The zero-order chi connectivity index (χ0) is 39.4. The normalized spacial score (nSPS) is 16.5. The SMILES string of the molecule is C1=C(c2ccccc2)C=C(c2ccccc2)C2=NC(c3ccc4c(c3)C3(c5ccccc5-4)c4ccc5ccccc5c4N(c4ccccc4)c4c3ccc3ccccc43)N12. The maximum atomic E-state index is 5.45. The van der Waals surface area contributed by atoms with Crippen molar-refractivity contribution in [3.8, 4) is 11.1 Å². The quantitative estimate of drug-likeness (QED) is 0.178. The summed E-state index contributed by atoms with van der Waals surface area (Å²) in [5.74, 6) is 1.01. The number of hydrogen-bond acceptors (Lipinski definition) is 3. The average Bonchev–Trinajstić information content (AvgIpc) is 3.60. The molecule has 1 unspecified atom stereocenters. The molecule has 3 aliphatic heterocycles. The Kier molecular flexibility index (Phi) is 6.99. The second-order valence-electron chi connectivity index (χ2n) is 16.2. The smallest absolute Gasteiger partial charge is 0.154 e. The summed E-state index contributed by atoms with van der Waals surface area (Å²) in [6.45, 7) is 0. The van der Waals surface area contributed by atoms with Crippen LogP contribution >= 0.6 is 0 Å². The number of hydrogen-bond donors (Lipinski definition) is 0. The average molecular weight is 764 g/mol. The molecule has 0 fully saturated rings. The fraction of sp³-hybridized carbons (Fsp3) is 0.0351. The van der Waals surface area contributed by atoms with E-state index in [9.17, 15) is 0 Å². The van der Waals surface area contributed by atoms with Crippen molar-refractivity contribution in [1.82, 2.24) is 4.90 Å². The van der Waals surface area contributed by atoms with Gasteiger partial charge >= 0.3 is 0 Å². The second kappa shape index (κ2) is 12.6. The first-order chi connectivity index (χ1) is 29.8. The Morgan fingerprint density at radius 1 is 0.450 bits per heavy atom. The first-order valence-electron chi connectivity index (χ1n) is 20.8. The molecule has 0 aromatic heterocycles. The van der Waals surface area contributed by atoms with Crippen LogP contribution in [-0.2, 0) is 5.41 Å². The molecule has 3 nitrogen and oxygen atoms in total. The minimum Gasteiger partial charge on any atom is -0.309 e. The van der Waals surface area contributed by atoms with Crippen LogP contribution in [0.3, 0.4) is 0 Å². The summed E-state index contributed by atoms with van der Waals surface area (Å²) in [5.41, 5.74) is 16.6. The van der Waals surface area contributed by atoms with Gasteiger partial charge < -0.3 is 9.80 Å². The molecule has 9 aromatic carbocycles. The predicted octanol–water partition coefficient (Wildman–Crippen LogP) is 14.0. The first-order valence-corrected chi connectivity index (χ1v) is 20.8. The molecule has 4 aliphatic rings. The lowest BCUT2D eigenvalue weighted by atomic mass is 9.63. The molecule has 1 aliphatic carbocycles. The van der Waals surface area contributed by atoms with Crippen LogP contribution in [0.5, 0.6) is 0 Å². The predicted molar refractivity (Wildman–Crippen MR) is 248 cm³/mol. The zero-order valence-corrected chi connectivity index (χ0v) is 32.7. The number of anilines is 3. The molecule has 60 heavy (non-hydrogen) atoms. The highest BCUT2D eigenvalue weighted by atomic mass is 15.4. The van der Waals surface area contributed by atoms with Crippen molar-refractivity contribution in [2.45, 2.75) is 11.6 Å². The molecule has 13 rings (SSSR count). The lowest BCUT2D eigenvalue weighted by Gasteiger charge is -2.46. The van der Waals surface area contributed by atoms with E-state index in [1.165, 1.54) is 88.6 Å². The molecular formula is C57H37N3. The van der Waals surface area contributed by atoms with Gasteiger partial charge in [0.1, 0.15) is 5.84 Å². The molecular weight excluding hydrogens is 727 g/mol. The number of allylic oxidation sites excluding steroid dienone is 2. The van der Waals surface area contributed by atoms with Gasteiger partial charge in [-0.05, 0) is 90.7 Å². The van der Waals surface area contributed by atoms with Gasteiger partial charge in [0.15, 0.2) is 6.17 Å². The molecule has 0 radical (unpaired) electrons. The fourth-order valence-corrected chi connectivity index (χ4v) is 10.6. The molecule has 0 amide bonds. The van der Waals surface area contributed by atoms with Crippen molar-refractivity contribution in [2.75, 3.05) is 4.90 Å². The van der Waals surface area contributed by atoms with Gasteiger partial charge in [-0.2, -0.15) is 0 Å². The Balaban J connectivity index is 1.09. The van der Waals surface area contributed by atoms with Crippen molar-refractivity contribution < 1.29 is 0 Å². The summed E-state index contributed by atoms with van der Waals surface area (Å²) in [7, 11) is 0. The number of amidine groups is 1. The monoisotopic (exact) mass is 763 g/mol. The summed E-state index contributed by atoms with van der Waals surface area (Å²) >= 11 is 0. The highest BCUT2D eigenvalue weighted by molar-refractivity contribution is 6.28. The van der Waals surface area contributed by atoms with Gasteiger partial charge in [-0.15, -0.1) is 0 Å². The van der Waals surface area contributed by atoms with E-state index in [1.54, 1.807) is 0 Å². The molecule has 0 N–H and O–H groups in total. The third-order valence-corrected chi connectivity index (χ3v) is 13.2. The standard InChI is InChI=1S/C57H37N3/c1-4-16-37(17-5-1)42-34-48(38-18-6-2-7-19-38)56-58-55(59(56)36-42)41-28-31-47-46-26-14-15-27-49(46)57(52(47)35-41)50-32-29-39-20-10-12-24-44(39)53(50)60(43-22-8-3-9-23-43)54-45-25-13-11-21-40(45)30-33-51(54)57/h1-36,55H. The van der Waals surface area contributed by atoms with Crippen molar-refractivity contribution >= 4 is 55.6 Å². The van der Waals surface area contributed by atoms with E-state index in [2.05, 4.69) is 228 Å². The Bertz CT molecular complexity index is 3240. The molecule has 9 aromatic rings. The van der Waals surface area contributed by atoms with Crippen molar-refractivity contribution in [1.29, 1.82) is 0 Å². The van der Waals surface area contributed by atoms with Gasteiger partial charge in [-0.1, -0.05) is 188 Å². The van der Waals surface area contributed by atoms with E-state index in [4.69, 9.17) is 4.99 Å². The molecule has 0 saturated heterocycles. The Morgan fingerprint density at radius 2 is 1.02 bits per heavy atom. The van der Waals surface area contributed by atoms with Crippen LogP contribution in [0.1, 0.15) is 45.1 Å². The number of benzene rings is 9. The Morgan fingerprint density at radius 3 is 1.70 bits per heavy atom. The van der Waals surface area contributed by atoms with Gasteiger partial charge in [0.05, 0.1) is 16.8 Å². The summed E-state index contributed by atoms with van der Waals surface area (Å²) in [4.78, 5) is 10.4. The number of fused-ring (bicyclic) bond motifs is 14. The molecule has 1 spiro atoms. The molecule has 0 bridgehead atoms. The van der Waals surface area contributed by atoms with Gasteiger partial charge in [-0.25, -0.2) is 4.99 Å². The highest BCUT2D eigenvalue weighted by Crippen LogP contribution is 2.65. The van der Waals surface area contributed by atoms with Crippen LogP contribution in [0.2, 0.25) is 0 Å². The summed E-state index contributed by atoms with van der Waals surface area (Å²) in [6.07, 6.45) is 4.43. The lowest BCUT2D eigenvalue weighted by Crippen LogP contribution is -2.41. The Labute approximate surface area is 349 Å². The maximum Gasteiger partial charge on any atom is 0.154 e. The first kappa shape index (κ1) is 33.2. The van der Waals surface area contributed by atoms with Crippen LogP contribution in [-0.4, -0.2) is 10.7 Å². The zero-order valence-electron chi connectivity index (χ0n) is 32.7. The van der Waals surface area contributed by atoms with E-state index in [0.29, 0.717) is 0 Å². The van der Waals surface area contributed by atoms with Crippen LogP contribution in [0.4, 0.5) is 17.1 Å². The van der Waals surface area contributed by atoms with E-state index in [1.807, 2.05) is 0 Å². The molecule has 3 heteroatoms. The third-order valence-electron chi connectivity index (χ3n) is 13.2. The largest absolute Gasteiger partial charge is 0.309 e. The maximum absolute atomic E-state index is 5.45. The lowest BCUT2D eigenvalue weighted by molar-refractivity contribution is 0.370. The van der Waals surface area contributed by atoms with Crippen LogP contribution in [0.25, 0.3) is 43.8 Å². The van der Waals surface area contributed by atoms with Crippen LogP contribution < -0.4 is 4.90 Å². The number of rotatable bonds is 4.